The second-order valence-electron chi connectivity index (χ2n) is 6.78. The van der Waals surface area contributed by atoms with Crippen molar-refractivity contribution in [1.29, 1.82) is 0 Å². The van der Waals surface area contributed by atoms with Crippen LogP contribution in [-0.2, 0) is 4.79 Å². The van der Waals surface area contributed by atoms with E-state index in [4.69, 9.17) is 4.74 Å². The average Bonchev–Trinajstić information content (AvgIpc) is 2.79. The van der Waals surface area contributed by atoms with Gasteiger partial charge in [0.05, 0.1) is 24.0 Å². The first-order chi connectivity index (χ1) is 14.6. The molecule has 0 spiro atoms. The van der Waals surface area contributed by atoms with Crippen LogP contribution in [0.1, 0.15) is 13.0 Å². The van der Waals surface area contributed by atoms with Gasteiger partial charge in [0.25, 0.3) is 5.56 Å². The topological polar surface area (TPSA) is 86.1 Å². The minimum Gasteiger partial charge on any atom is -0.497 e. The molecule has 0 saturated carbocycles. The van der Waals surface area contributed by atoms with Crippen LogP contribution in [0.15, 0.2) is 77.7 Å². The third-order valence-electron chi connectivity index (χ3n) is 4.85. The Morgan fingerprint density at radius 2 is 1.80 bits per heavy atom. The van der Waals surface area contributed by atoms with Crippen LogP contribution in [0.2, 0.25) is 0 Å². The fourth-order valence-corrected chi connectivity index (χ4v) is 3.17. The summed E-state index contributed by atoms with van der Waals surface area (Å²) in [5.74, 6) is 0.373. The number of nitrogens with one attached hydrogen (secondary N) is 1. The van der Waals surface area contributed by atoms with Gasteiger partial charge in [-0.25, -0.2) is 4.68 Å². The molecule has 0 aliphatic rings. The highest BCUT2D eigenvalue weighted by molar-refractivity contribution is 6.01. The number of hydrogen-bond acceptors (Lipinski definition) is 5. The molecular formula is C23H20N4O3. The number of fused-ring (bicyclic) bond motifs is 1. The zero-order chi connectivity index (χ0) is 21.1. The van der Waals surface area contributed by atoms with E-state index in [-0.39, 0.29) is 11.5 Å². The number of anilines is 1. The highest BCUT2D eigenvalue weighted by atomic mass is 16.5. The van der Waals surface area contributed by atoms with Crippen LogP contribution >= 0.6 is 0 Å². The largest absolute Gasteiger partial charge is 0.497 e. The fraction of sp³-hybridized carbons (Fsp3) is 0.130. The normalized spacial score (nSPS) is 11.8. The lowest BCUT2D eigenvalue weighted by Gasteiger charge is -2.16. The second-order valence-corrected chi connectivity index (χ2v) is 6.78. The molecule has 1 atom stereocenters. The standard InChI is InChI=1S/C23H20N4O3/c1-15(23(29)25-20-7-3-5-17-6-4-14-24-22(17)20)27-21(28)13-12-19(26-27)16-8-10-18(30-2)11-9-16/h3-15H,1-2H3,(H,25,29). The van der Waals surface area contributed by atoms with Crippen LogP contribution in [0.3, 0.4) is 0 Å². The van der Waals surface area contributed by atoms with Crippen molar-refractivity contribution in [3.05, 3.63) is 83.3 Å². The summed E-state index contributed by atoms with van der Waals surface area (Å²) in [5.41, 5.74) is 2.32. The third kappa shape index (κ3) is 3.77. The van der Waals surface area contributed by atoms with Gasteiger partial charge in [-0.3, -0.25) is 14.6 Å². The van der Waals surface area contributed by atoms with Gasteiger partial charge < -0.3 is 10.1 Å². The summed E-state index contributed by atoms with van der Waals surface area (Å²) in [6.07, 6.45) is 1.67. The number of para-hydroxylation sites is 1. The molecule has 0 radical (unpaired) electrons. The van der Waals surface area contributed by atoms with Crippen molar-refractivity contribution in [1.82, 2.24) is 14.8 Å². The quantitative estimate of drug-likeness (QED) is 0.552. The smallest absolute Gasteiger partial charge is 0.267 e. The Labute approximate surface area is 173 Å². The van der Waals surface area contributed by atoms with Crippen LogP contribution < -0.4 is 15.6 Å². The first kappa shape index (κ1) is 19.3. The summed E-state index contributed by atoms with van der Waals surface area (Å²) in [6.45, 7) is 1.64. The molecule has 0 bridgehead atoms. The van der Waals surface area contributed by atoms with E-state index in [1.54, 1.807) is 32.4 Å². The van der Waals surface area contributed by atoms with Crippen LogP contribution in [-0.4, -0.2) is 27.8 Å². The summed E-state index contributed by atoms with van der Waals surface area (Å²) in [6, 6.07) is 18.9. The van der Waals surface area contributed by atoms with Crippen LogP contribution in [0, 0.1) is 0 Å². The minimum atomic E-state index is -0.810. The number of rotatable bonds is 5. The van der Waals surface area contributed by atoms with Crippen molar-refractivity contribution in [2.24, 2.45) is 0 Å². The van der Waals surface area contributed by atoms with Crippen molar-refractivity contribution in [3.8, 4) is 17.0 Å². The van der Waals surface area contributed by atoms with Crippen LogP contribution in [0.25, 0.3) is 22.2 Å². The minimum absolute atomic E-state index is 0.352. The van der Waals surface area contributed by atoms with Crippen LogP contribution in [0.5, 0.6) is 5.75 Å². The fourth-order valence-electron chi connectivity index (χ4n) is 3.17. The Morgan fingerprint density at radius 1 is 1.03 bits per heavy atom. The Kier molecular flexibility index (Phi) is 5.26. The molecule has 0 aliphatic carbocycles. The monoisotopic (exact) mass is 400 g/mol. The van der Waals surface area contributed by atoms with Gasteiger partial charge in [-0.15, -0.1) is 0 Å². The van der Waals surface area contributed by atoms with E-state index in [0.717, 1.165) is 16.7 Å². The average molecular weight is 400 g/mol. The molecule has 2 aromatic heterocycles. The summed E-state index contributed by atoms with van der Waals surface area (Å²) < 4.78 is 6.36. The number of carbonyl (C=O) groups excluding carboxylic acids is 1. The highest BCUT2D eigenvalue weighted by Gasteiger charge is 2.19. The Hall–Kier alpha value is -4.00. The predicted octanol–water partition coefficient (Wildman–Crippen LogP) is 3.67. The molecule has 2 aromatic carbocycles. The maximum atomic E-state index is 12.9. The van der Waals surface area contributed by atoms with Crippen molar-refractivity contribution in [3.63, 3.8) is 0 Å². The van der Waals surface area contributed by atoms with Gasteiger partial charge in [-0.2, -0.15) is 5.10 Å². The summed E-state index contributed by atoms with van der Waals surface area (Å²) in [7, 11) is 1.60. The van der Waals surface area contributed by atoms with Crippen molar-refractivity contribution >= 4 is 22.5 Å². The van der Waals surface area contributed by atoms with Crippen molar-refractivity contribution < 1.29 is 9.53 Å². The number of nitrogens with zero attached hydrogens (tertiary/aromatic N) is 3. The summed E-state index contributed by atoms with van der Waals surface area (Å²) in [5, 5.41) is 8.19. The zero-order valence-corrected chi connectivity index (χ0v) is 16.6. The van der Waals surface area contributed by atoms with Crippen LogP contribution in [0.4, 0.5) is 5.69 Å². The van der Waals surface area contributed by atoms with E-state index in [2.05, 4.69) is 15.4 Å². The Bertz CT molecular complexity index is 1260. The molecule has 7 heteroatoms. The number of hydrogen-bond donors (Lipinski definition) is 1. The lowest BCUT2D eigenvalue weighted by molar-refractivity contribution is -0.119. The molecule has 0 saturated heterocycles. The van der Waals surface area contributed by atoms with E-state index in [0.29, 0.717) is 16.9 Å². The highest BCUT2D eigenvalue weighted by Crippen LogP contribution is 2.22. The lowest BCUT2D eigenvalue weighted by atomic mass is 10.1. The number of amides is 1. The van der Waals surface area contributed by atoms with E-state index in [1.807, 2.05) is 48.5 Å². The van der Waals surface area contributed by atoms with Gasteiger partial charge in [0.1, 0.15) is 11.8 Å². The first-order valence-corrected chi connectivity index (χ1v) is 9.46. The van der Waals surface area contributed by atoms with Crippen molar-refractivity contribution in [2.75, 3.05) is 12.4 Å². The number of carbonyl (C=O) groups is 1. The molecule has 0 fully saturated rings. The lowest BCUT2D eigenvalue weighted by Crippen LogP contribution is -2.33. The molecule has 1 N–H and O–H groups in total. The molecule has 0 aliphatic heterocycles. The molecule has 150 valence electrons. The molecule has 7 nitrogen and oxygen atoms in total. The number of ether oxygens (including phenoxy) is 1. The molecule has 4 aromatic rings. The maximum absolute atomic E-state index is 12.9. The first-order valence-electron chi connectivity index (χ1n) is 9.46. The predicted molar refractivity (Wildman–Crippen MR) is 116 cm³/mol. The summed E-state index contributed by atoms with van der Waals surface area (Å²) >= 11 is 0. The Morgan fingerprint density at radius 3 is 2.57 bits per heavy atom. The van der Waals surface area contributed by atoms with E-state index >= 15 is 0 Å². The van der Waals surface area contributed by atoms with Gasteiger partial charge in [0.2, 0.25) is 5.91 Å². The van der Waals surface area contributed by atoms with E-state index in [9.17, 15) is 9.59 Å². The van der Waals surface area contributed by atoms with E-state index < -0.39 is 6.04 Å². The molecule has 1 amide bonds. The Balaban J connectivity index is 1.62. The molecule has 2 heterocycles. The number of methoxy groups -OCH3 is 1. The second kappa shape index (κ2) is 8.16. The van der Waals surface area contributed by atoms with Crippen molar-refractivity contribution in [2.45, 2.75) is 13.0 Å². The molecule has 30 heavy (non-hydrogen) atoms. The van der Waals surface area contributed by atoms with E-state index in [1.165, 1.54) is 10.7 Å². The third-order valence-corrected chi connectivity index (χ3v) is 4.85. The van der Waals surface area contributed by atoms with Gasteiger partial charge in [0.15, 0.2) is 0 Å². The van der Waals surface area contributed by atoms with Gasteiger partial charge in [-0.1, -0.05) is 18.2 Å². The maximum Gasteiger partial charge on any atom is 0.267 e. The molecule has 4 rings (SSSR count). The molecular weight excluding hydrogens is 380 g/mol. The van der Waals surface area contributed by atoms with Gasteiger partial charge in [-0.05, 0) is 49.4 Å². The summed E-state index contributed by atoms with van der Waals surface area (Å²) in [4.78, 5) is 29.6. The molecule has 1 unspecified atom stereocenters. The number of benzene rings is 2. The SMILES string of the molecule is COc1ccc(-c2ccc(=O)n(C(C)C(=O)Nc3cccc4cccnc34)n2)cc1. The number of aromatic nitrogens is 3. The number of pyridine rings is 1. The van der Waals surface area contributed by atoms with Gasteiger partial charge >= 0.3 is 0 Å². The van der Waals surface area contributed by atoms with Gasteiger partial charge in [0, 0.05) is 23.2 Å². The zero-order valence-electron chi connectivity index (χ0n) is 16.6.